The summed E-state index contributed by atoms with van der Waals surface area (Å²) in [6.07, 6.45) is 6.91. The number of nitrogens with two attached hydrogens (primary N) is 1. The van der Waals surface area contributed by atoms with Crippen LogP contribution in [0.1, 0.15) is 16.7 Å². The van der Waals surface area contributed by atoms with Crippen LogP contribution in [-0.4, -0.2) is 41.5 Å². The molecule has 8 nitrogen and oxygen atoms in total. The predicted molar refractivity (Wildman–Crippen MR) is 143 cm³/mol. The summed E-state index contributed by atoms with van der Waals surface area (Å²) in [5.41, 5.74) is 9.29. The van der Waals surface area contributed by atoms with Crippen molar-refractivity contribution in [2.45, 2.75) is 0 Å². The first kappa shape index (κ1) is 26.0. The Morgan fingerprint density at radius 3 is 1.67 bits per heavy atom. The Morgan fingerprint density at radius 2 is 1.17 bits per heavy atom. The number of anilines is 2. The van der Waals surface area contributed by atoms with Crippen LogP contribution < -0.4 is 34.7 Å². The fourth-order valence-electron chi connectivity index (χ4n) is 3.52. The van der Waals surface area contributed by atoms with Gasteiger partial charge in [-0.2, -0.15) is 0 Å². The lowest BCUT2D eigenvalue weighted by molar-refractivity contribution is -0.111. The molecule has 1 amide bonds. The van der Waals surface area contributed by atoms with Gasteiger partial charge in [0.1, 0.15) is 0 Å². The lowest BCUT2D eigenvalue weighted by Crippen LogP contribution is -2.09. The van der Waals surface area contributed by atoms with Gasteiger partial charge in [0.15, 0.2) is 23.0 Å². The second-order valence-electron chi connectivity index (χ2n) is 7.59. The minimum atomic E-state index is -0.321. The van der Waals surface area contributed by atoms with Crippen LogP contribution in [0.4, 0.5) is 11.4 Å². The van der Waals surface area contributed by atoms with Gasteiger partial charge in [0.25, 0.3) is 0 Å². The number of nitrogen functional groups attached to an aromatic ring is 1. The molecule has 0 heterocycles. The van der Waals surface area contributed by atoms with Crippen molar-refractivity contribution >= 4 is 35.5 Å². The molecular formula is C28H30N2O6. The molecule has 3 aromatic rings. The van der Waals surface area contributed by atoms with Gasteiger partial charge in [-0.05, 0) is 59.2 Å². The molecule has 0 atom stereocenters. The van der Waals surface area contributed by atoms with Crippen molar-refractivity contribution < 1.29 is 28.5 Å². The number of nitrogens with one attached hydrogen (secondary N) is 1. The van der Waals surface area contributed by atoms with Crippen molar-refractivity contribution in [1.82, 2.24) is 0 Å². The highest BCUT2D eigenvalue weighted by atomic mass is 16.5. The first-order valence-corrected chi connectivity index (χ1v) is 11.0. The molecule has 0 spiro atoms. The van der Waals surface area contributed by atoms with E-state index in [1.54, 1.807) is 45.6 Å². The number of rotatable bonds is 10. The Kier molecular flexibility index (Phi) is 8.83. The Hall–Kier alpha value is -4.59. The highest BCUT2D eigenvalue weighted by Crippen LogP contribution is 2.40. The second kappa shape index (κ2) is 12.2. The van der Waals surface area contributed by atoms with Gasteiger partial charge in [-0.15, -0.1) is 0 Å². The summed E-state index contributed by atoms with van der Waals surface area (Å²) in [6, 6.07) is 14.5. The molecule has 188 valence electrons. The monoisotopic (exact) mass is 490 g/mol. The number of carbonyl (C=O) groups excluding carboxylic acids is 1. The van der Waals surface area contributed by atoms with E-state index in [2.05, 4.69) is 5.32 Å². The molecule has 3 aromatic carbocycles. The lowest BCUT2D eigenvalue weighted by Gasteiger charge is -2.14. The summed E-state index contributed by atoms with van der Waals surface area (Å²) in [6.45, 7) is 0. The van der Waals surface area contributed by atoms with Crippen molar-refractivity contribution in [3.05, 3.63) is 71.3 Å². The third kappa shape index (κ3) is 6.29. The van der Waals surface area contributed by atoms with E-state index in [1.165, 1.54) is 20.3 Å². The van der Waals surface area contributed by atoms with Crippen LogP contribution in [0.5, 0.6) is 28.7 Å². The molecule has 0 aliphatic rings. The van der Waals surface area contributed by atoms with Crippen LogP contribution in [0.15, 0.2) is 54.6 Å². The quantitative estimate of drug-likeness (QED) is 0.231. The van der Waals surface area contributed by atoms with Crippen molar-refractivity contribution in [3.8, 4) is 28.7 Å². The van der Waals surface area contributed by atoms with Gasteiger partial charge in [-0.25, -0.2) is 0 Å². The molecule has 3 rings (SSSR count). The number of benzene rings is 3. The second-order valence-corrected chi connectivity index (χ2v) is 7.59. The summed E-state index contributed by atoms with van der Waals surface area (Å²) in [4.78, 5) is 12.6. The van der Waals surface area contributed by atoms with E-state index in [0.717, 1.165) is 16.7 Å². The Balaban J connectivity index is 1.90. The largest absolute Gasteiger partial charge is 0.493 e. The third-order valence-corrected chi connectivity index (χ3v) is 5.28. The van der Waals surface area contributed by atoms with Crippen LogP contribution >= 0.6 is 0 Å². The van der Waals surface area contributed by atoms with Crippen LogP contribution in [0, 0.1) is 0 Å². The third-order valence-electron chi connectivity index (χ3n) is 5.28. The molecule has 0 unspecified atom stereocenters. The summed E-state index contributed by atoms with van der Waals surface area (Å²) in [5, 5.41) is 2.86. The van der Waals surface area contributed by atoms with Gasteiger partial charge >= 0.3 is 0 Å². The highest BCUT2D eigenvalue weighted by molar-refractivity contribution is 6.03. The average Bonchev–Trinajstić information content (AvgIpc) is 2.90. The highest BCUT2D eigenvalue weighted by Gasteiger charge is 2.14. The van der Waals surface area contributed by atoms with E-state index >= 15 is 0 Å². The zero-order valence-corrected chi connectivity index (χ0v) is 21.0. The normalized spacial score (nSPS) is 10.9. The summed E-state index contributed by atoms with van der Waals surface area (Å²) in [5.74, 6) is 2.17. The zero-order chi connectivity index (χ0) is 26.1. The predicted octanol–water partition coefficient (Wildman–Crippen LogP) is 5.13. The van der Waals surface area contributed by atoms with Gasteiger partial charge < -0.3 is 34.7 Å². The van der Waals surface area contributed by atoms with Crippen molar-refractivity contribution in [2.75, 3.05) is 46.6 Å². The van der Waals surface area contributed by atoms with Gasteiger partial charge in [0.05, 0.1) is 41.2 Å². The maximum Gasteiger partial charge on any atom is 0.248 e. The van der Waals surface area contributed by atoms with E-state index in [1.807, 2.05) is 42.5 Å². The lowest BCUT2D eigenvalue weighted by atomic mass is 10.1. The van der Waals surface area contributed by atoms with Crippen molar-refractivity contribution in [3.63, 3.8) is 0 Å². The molecule has 0 fully saturated rings. The van der Waals surface area contributed by atoms with Crippen LogP contribution in [0.2, 0.25) is 0 Å². The van der Waals surface area contributed by atoms with E-state index in [-0.39, 0.29) is 5.91 Å². The maximum absolute atomic E-state index is 12.6. The molecule has 0 aliphatic heterocycles. The number of hydrogen-bond donors (Lipinski definition) is 2. The molecule has 36 heavy (non-hydrogen) atoms. The minimum Gasteiger partial charge on any atom is -0.493 e. The topological polar surface area (TPSA) is 101 Å². The number of methoxy groups -OCH3 is 5. The standard InChI is InChI=1S/C28H30N2O6/c1-32-23-15-19(6-7-20-16-24(33-2)28(36-5)25(17-20)34-3)14-22(27(23)35-4)30-26(31)13-10-18-8-11-21(29)12-9-18/h6-17H,29H2,1-5H3,(H,30,31)/b7-6?,13-10+. The van der Waals surface area contributed by atoms with Gasteiger partial charge in [0, 0.05) is 11.8 Å². The fourth-order valence-corrected chi connectivity index (χ4v) is 3.52. The molecule has 8 heteroatoms. The molecule has 0 saturated heterocycles. The molecule has 0 saturated carbocycles. The van der Waals surface area contributed by atoms with E-state index in [9.17, 15) is 4.79 Å². The molecule has 0 radical (unpaired) electrons. The van der Waals surface area contributed by atoms with E-state index < -0.39 is 0 Å². The number of amides is 1. The maximum atomic E-state index is 12.6. The van der Waals surface area contributed by atoms with Crippen LogP contribution in [-0.2, 0) is 4.79 Å². The summed E-state index contributed by atoms with van der Waals surface area (Å²) in [7, 11) is 7.74. The Labute approximate surface area is 210 Å². The van der Waals surface area contributed by atoms with Gasteiger partial charge in [0.2, 0.25) is 11.7 Å². The number of carbonyl (C=O) groups is 1. The van der Waals surface area contributed by atoms with Gasteiger partial charge in [-0.3, -0.25) is 4.79 Å². The first-order valence-electron chi connectivity index (χ1n) is 11.0. The van der Waals surface area contributed by atoms with Crippen molar-refractivity contribution in [2.24, 2.45) is 0 Å². The smallest absolute Gasteiger partial charge is 0.248 e. The van der Waals surface area contributed by atoms with Gasteiger partial charge in [-0.1, -0.05) is 24.3 Å². The van der Waals surface area contributed by atoms with Crippen LogP contribution in [0.25, 0.3) is 18.2 Å². The summed E-state index contributed by atoms with van der Waals surface area (Å²) >= 11 is 0. The molecule has 0 aromatic heterocycles. The molecule has 0 bridgehead atoms. The fraction of sp³-hybridized carbons (Fsp3) is 0.179. The molecular weight excluding hydrogens is 460 g/mol. The Morgan fingerprint density at radius 1 is 0.667 bits per heavy atom. The first-order chi connectivity index (χ1) is 17.4. The Bertz CT molecular complexity index is 1240. The minimum absolute atomic E-state index is 0.321. The SMILES string of the molecule is COc1cc(C=Cc2cc(OC)c(OC)c(OC)c2)cc(NC(=O)/C=C/c2ccc(N)cc2)c1OC. The zero-order valence-electron chi connectivity index (χ0n) is 21.0. The molecule has 3 N–H and O–H groups in total. The van der Waals surface area contributed by atoms with Crippen LogP contribution in [0.3, 0.4) is 0 Å². The number of ether oxygens (including phenoxy) is 5. The van der Waals surface area contributed by atoms with Crippen molar-refractivity contribution in [1.29, 1.82) is 0 Å². The van der Waals surface area contributed by atoms with E-state index in [0.29, 0.717) is 40.1 Å². The number of hydrogen-bond acceptors (Lipinski definition) is 7. The average molecular weight is 491 g/mol. The summed E-state index contributed by atoms with van der Waals surface area (Å²) < 4.78 is 27.2. The molecule has 0 aliphatic carbocycles. The van der Waals surface area contributed by atoms with E-state index in [4.69, 9.17) is 29.4 Å².